The second-order valence-electron chi connectivity index (χ2n) is 6.92. The first-order chi connectivity index (χ1) is 12.7. The van der Waals surface area contributed by atoms with Crippen LogP contribution < -0.4 is 9.64 Å². The summed E-state index contributed by atoms with van der Waals surface area (Å²) >= 11 is 0. The number of hydrogen-bond donors (Lipinski definition) is 0. The smallest absolute Gasteiger partial charge is 0.289 e. The standard InChI is InChI=1S/C20H25N3O3/c1-2-15-7-8-18(25-15)20(24)23-13-9-16(14-23)26-17-6-5-10-21-19(17)22-11-3-4-12-22/h5-8,10,16H,2-4,9,11-14H2,1H3. The molecule has 0 aromatic carbocycles. The summed E-state index contributed by atoms with van der Waals surface area (Å²) in [5.41, 5.74) is 0. The lowest BCUT2D eigenvalue weighted by atomic mass is 10.3. The molecule has 4 rings (SSSR count). The highest BCUT2D eigenvalue weighted by Crippen LogP contribution is 2.30. The number of anilines is 1. The van der Waals surface area contributed by atoms with Crippen molar-refractivity contribution in [2.24, 2.45) is 0 Å². The quantitative estimate of drug-likeness (QED) is 0.825. The highest BCUT2D eigenvalue weighted by Gasteiger charge is 2.30. The van der Waals surface area contributed by atoms with Crippen LogP contribution in [0.2, 0.25) is 0 Å². The van der Waals surface area contributed by atoms with E-state index in [2.05, 4.69) is 9.88 Å². The summed E-state index contributed by atoms with van der Waals surface area (Å²) < 4.78 is 11.8. The van der Waals surface area contributed by atoms with Gasteiger partial charge in [0.25, 0.3) is 5.91 Å². The summed E-state index contributed by atoms with van der Waals surface area (Å²) in [6.07, 6.45) is 5.81. The van der Waals surface area contributed by atoms with Crippen LogP contribution in [0.3, 0.4) is 0 Å². The monoisotopic (exact) mass is 355 g/mol. The number of hydrogen-bond acceptors (Lipinski definition) is 5. The fourth-order valence-electron chi connectivity index (χ4n) is 3.67. The van der Waals surface area contributed by atoms with Gasteiger partial charge in [0.05, 0.1) is 6.54 Å². The molecule has 2 aromatic heterocycles. The number of nitrogens with zero attached hydrogens (tertiary/aromatic N) is 3. The number of furan rings is 1. The number of carbonyl (C=O) groups excluding carboxylic acids is 1. The van der Waals surface area contributed by atoms with Gasteiger partial charge in [0.15, 0.2) is 17.3 Å². The van der Waals surface area contributed by atoms with E-state index in [0.717, 1.165) is 43.3 Å². The van der Waals surface area contributed by atoms with E-state index >= 15 is 0 Å². The maximum absolute atomic E-state index is 12.6. The topological polar surface area (TPSA) is 58.8 Å². The number of carbonyl (C=O) groups is 1. The molecule has 1 unspecified atom stereocenters. The number of amides is 1. The molecule has 2 fully saturated rings. The minimum absolute atomic E-state index is 0.00916. The minimum atomic E-state index is -0.0539. The molecule has 0 spiro atoms. The highest BCUT2D eigenvalue weighted by atomic mass is 16.5. The van der Waals surface area contributed by atoms with Gasteiger partial charge in [-0.2, -0.15) is 0 Å². The van der Waals surface area contributed by atoms with Crippen molar-refractivity contribution in [1.82, 2.24) is 9.88 Å². The number of ether oxygens (including phenoxy) is 1. The Morgan fingerprint density at radius 1 is 1.27 bits per heavy atom. The second-order valence-corrected chi connectivity index (χ2v) is 6.92. The van der Waals surface area contributed by atoms with Gasteiger partial charge in [0, 0.05) is 38.7 Å². The Labute approximate surface area is 153 Å². The van der Waals surface area contributed by atoms with Gasteiger partial charge in [0.2, 0.25) is 0 Å². The average Bonchev–Trinajstić information content (AvgIpc) is 3.42. The molecule has 0 saturated carbocycles. The lowest BCUT2D eigenvalue weighted by Gasteiger charge is -2.22. The fraction of sp³-hybridized carbons (Fsp3) is 0.500. The minimum Gasteiger partial charge on any atom is -0.485 e. The molecule has 2 aliphatic rings. The maximum atomic E-state index is 12.6. The largest absolute Gasteiger partial charge is 0.485 e. The first-order valence-electron chi connectivity index (χ1n) is 9.49. The zero-order valence-electron chi connectivity index (χ0n) is 15.2. The van der Waals surface area contributed by atoms with Crippen LogP contribution in [0.1, 0.15) is 42.5 Å². The van der Waals surface area contributed by atoms with Gasteiger partial charge in [0.1, 0.15) is 11.9 Å². The summed E-state index contributed by atoms with van der Waals surface area (Å²) in [6, 6.07) is 7.52. The first-order valence-corrected chi connectivity index (χ1v) is 9.49. The van der Waals surface area contributed by atoms with Crippen molar-refractivity contribution in [1.29, 1.82) is 0 Å². The molecule has 0 N–H and O–H groups in total. The molecule has 0 aliphatic carbocycles. The molecule has 4 heterocycles. The van der Waals surface area contributed by atoms with Crippen molar-refractivity contribution in [2.75, 3.05) is 31.1 Å². The van der Waals surface area contributed by atoms with Gasteiger partial charge in [-0.25, -0.2) is 4.98 Å². The predicted molar refractivity (Wildman–Crippen MR) is 98.7 cm³/mol. The lowest BCUT2D eigenvalue weighted by Crippen LogP contribution is -2.31. The van der Waals surface area contributed by atoms with Crippen molar-refractivity contribution >= 4 is 11.7 Å². The summed E-state index contributed by atoms with van der Waals surface area (Å²) in [6.45, 7) is 5.33. The molecule has 0 bridgehead atoms. The van der Waals surface area contributed by atoms with Gasteiger partial charge in [-0.05, 0) is 37.1 Å². The third-order valence-corrected chi connectivity index (χ3v) is 5.10. The van der Waals surface area contributed by atoms with Crippen LogP contribution in [0.5, 0.6) is 5.75 Å². The van der Waals surface area contributed by atoms with E-state index < -0.39 is 0 Å². The summed E-state index contributed by atoms with van der Waals surface area (Å²) in [4.78, 5) is 21.2. The van der Waals surface area contributed by atoms with Crippen LogP contribution in [0.15, 0.2) is 34.9 Å². The zero-order valence-corrected chi connectivity index (χ0v) is 15.2. The summed E-state index contributed by atoms with van der Waals surface area (Å²) in [5, 5.41) is 0. The average molecular weight is 355 g/mol. The number of likely N-dealkylation sites (tertiary alicyclic amines) is 1. The highest BCUT2D eigenvalue weighted by molar-refractivity contribution is 5.91. The molecular formula is C20H25N3O3. The lowest BCUT2D eigenvalue weighted by molar-refractivity contribution is 0.0739. The van der Waals surface area contributed by atoms with Crippen LogP contribution in [0.25, 0.3) is 0 Å². The van der Waals surface area contributed by atoms with Crippen LogP contribution >= 0.6 is 0 Å². The van der Waals surface area contributed by atoms with Crippen LogP contribution in [-0.4, -0.2) is 48.1 Å². The van der Waals surface area contributed by atoms with Gasteiger partial charge < -0.3 is 19.0 Å². The second kappa shape index (κ2) is 7.40. The Bertz CT molecular complexity index is 767. The van der Waals surface area contributed by atoms with Crippen molar-refractivity contribution in [3.05, 3.63) is 42.0 Å². The number of pyridine rings is 1. The molecule has 1 amide bonds. The Morgan fingerprint density at radius 2 is 2.12 bits per heavy atom. The Balaban J connectivity index is 1.41. The number of aryl methyl sites for hydroxylation is 1. The number of aromatic nitrogens is 1. The van der Waals surface area contributed by atoms with Crippen molar-refractivity contribution < 1.29 is 13.9 Å². The Kier molecular flexibility index (Phi) is 4.82. The van der Waals surface area contributed by atoms with E-state index in [4.69, 9.17) is 9.15 Å². The van der Waals surface area contributed by atoms with Crippen molar-refractivity contribution in [2.45, 2.75) is 38.7 Å². The first kappa shape index (κ1) is 16.9. The predicted octanol–water partition coefficient (Wildman–Crippen LogP) is 3.13. The van der Waals surface area contributed by atoms with E-state index in [1.54, 1.807) is 6.07 Å². The van der Waals surface area contributed by atoms with Crippen LogP contribution in [0, 0.1) is 0 Å². The van der Waals surface area contributed by atoms with E-state index in [-0.39, 0.29) is 12.0 Å². The van der Waals surface area contributed by atoms with Gasteiger partial charge in [-0.15, -0.1) is 0 Å². The maximum Gasteiger partial charge on any atom is 0.289 e. The third-order valence-electron chi connectivity index (χ3n) is 5.10. The molecule has 6 heteroatoms. The van der Waals surface area contributed by atoms with Crippen molar-refractivity contribution in [3.63, 3.8) is 0 Å². The van der Waals surface area contributed by atoms with E-state index in [1.807, 2.05) is 36.2 Å². The molecule has 2 saturated heterocycles. The van der Waals surface area contributed by atoms with Gasteiger partial charge in [-0.3, -0.25) is 4.79 Å². The van der Waals surface area contributed by atoms with Crippen molar-refractivity contribution in [3.8, 4) is 5.75 Å². The van der Waals surface area contributed by atoms with Crippen LogP contribution in [0.4, 0.5) is 5.82 Å². The Hall–Kier alpha value is -2.50. The Morgan fingerprint density at radius 3 is 2.88 bits per heavy atom. The molecule has 2 aromatic rings. The van der Waals surface area contributed by atoms with Crippen LogP contribution in [-0.2, 0) is 6.42 Å². The molecular weight excluding hydrogens is 330 g/mol. The molecule has 138 valence electrons. The normalized spacial score (nSPS) is 20.0. The SMILES string of the molecule is CCc1ccc(C(=O)N2CCC(Oc3cccnc3N3CCCC3)C2)o1. The molecule has 2 aliphatic heterocycles. The molecule has 26 heavy (non-hydrogen) atoms. The summed E-state index contributed by atoms with van der Waals surface area (Å²) in [5.74, 6) is 2.95. The fourth-order valence-corrected chi connectivity index (χ4v) is 3.67. The third kappa shape index (κ3) is 3.41. The van der Waals surface area contributed by atoms with Gasteiger partial charge >= 0.3 is 0 Å². The van der Waals surface area contributed by atoms with E-state index in [9.17, 15) is 4.79 Å². The molecule has 0 radical (unpaired) electrons. The summed E-state index contributed by atoms with van der Waals surface area (Å²) in [7, 11) is 0. The van der Waals surface area contributed by atoms with E-state index in [0.29, 0.717) is 18.8 Å². The van der Waals surface area contributed by atoms with Gasteiger partial charge in [-0.1, -0.05) is 6.92 Å². The molecule has 1 atom stereocenters. The number of rotatable bonds is 5. The van der Waals surface area contributed by atoms with E-state index in [1.165, 1.54) is 12.8 Å². The molecule has 6 nitrogen and oxygen atoms in total. The zero-order chi connectivity index (χ0) is 17.9.